The van der Waals surface area contributed by atoms with Gasteiger partial charge in [0.1, 0.15) is 0 Å². The van der Waals surface area contributed by atoms with Crippen molar-refractivity contribution in [2.75, 3.05) is 25.9 Å². The van der Waals surface area contributed by atoms with Crippen molar-refractivity contribution in [1.29, 1.82) is 0 Å². The molecule has 0 bridgehead atoms. The van der Waals surface area contributed by atoms with Crippen LogP contribution in [-0.2, 0) is 0 Å². The molecule has 0 aliphatic heterocycles. The molecule has 0 aromatic rings. The Morgan fingerprint density at radius 3 is 2.25 bits per heavy atom. The van der Waals surface area contributed by atoms with Gasteiger partial charge in [-0.25, -0.2) is 0 Å². The second kappa shape index (κ2) is 5.74. The molecule has 0 aromatic carbocycles. The van der Waals surface area contributed by atoms with Gasteiger partial charge in [-0.05, 0) is 44.9 Å². The molecule has 16 heavy (non-hydrogen) atoms. The molecule has 1 rings (SSSR count). The van der Waals surface area contributed by atoms with E-state index in [0.717, 1.165) is 18.8 Å². The van der Waals surface area contributed by atoms with Crippen LogP contribution in [0.3, 0.4) is 0 Å². The van der Waals surface area contributed by atoms with Crippen LogP contribution in [0.4, 0.5) is 0 Å². The lowest BCUT2D eigenvalue weighted by molar-refractivity contribution is 0.0276. The molecule has 1 fully saturated rings. The van der Waals surface area contributed by atoms with Gasteiger partial charge in [0.15, 0.2) is 0 Å². The van der Waals surface area contributed by atoms with E-state index in [9.17, 15) is 5.11 Å². The Bertz CT molecular complexity index is 206. The minimum atomic E-state index is -0.596. The standard InChI is InChI=1S/C13H27NOS/c1-12(2,15)9-14(3)10-13(11-16)7-5-4-6-8-13/h15-16H,4-11H2,1-3H3. The first-order valence-corrected chi connectivity index (χ1v) is 7.02. The molecule has 1 aliphatic carbocycles. The summed E-state index contributed by atoms with van der Waals surface area (Å²) in [6, 6.07) is 0. The van der Waals surface area contributed by atoms with Crippen molar-refractivity contribution < 1.29 is 5.11 Å². The van der Waals surface area contributed by atoms with Gasteiger partial charge in [-0.2, -0.15) is 12.6 Å². The second-order valence-corrected chi connectivity index (χ2v) is 6.52. The van der Waals surface area contributed by atoms with Gasteiger partial charge in [-0.1, -0.05) is 19.3 Å². The molecule has 2 nitrogen and oxygen atoms in total. The number of thiol groups is 1. The summed E-state index contributed by atoms with van der Waals surface area (Å²) in [5, 5.41) is 9.81. The third-order valence-corrected chi connectivity index (χ3v) is 4.18. The number of aliphatic hydroxyl groups is 1. The summed E-state index contributed by atoms with van der Waals surface area (Å²) in [5.74, 6) is 0.975. The van der Waals surface area contributed by atoms with Crippen LogP contribution in [0, 0.1) is 5.41 Å². The summed E-state index contributed by atoms with van der Waals surface area (Å²) in [6.45, 7) is 5.55. The molecule has 0 atom stereocenters. The Kier molecular flexibility index (Phi) is 5.14. The molecule has 0 amide bonds. The van der Waals surface area contributed by atoms with Crippen LogP contribution in [0.25, 0.3) is 0 Å². The molecule has 1 saturated carbocycles. The van der Waals surface area contributed by atoms with Crippen LogP contribution < -0.4 is 0 Å². The van der Waals surface area contributed by atoms with E-state index in [4.69, 9.17) is 0 Å². The summed E-state index contributed by atoms with van der Waals surface area (Å²) in [5.41, 5.74) is -0.206. The van der Waals surface area contributed by atoms with Crippen LogP contribution in [-0.4, -0.2) is 41.5 Å². The molecule has 96 valence electrons. The van der Waals surface area contributed by atoms with E-state index < -0.39 is 5.60 Å². The minimum Gasteiger partial charge on any atom is -0.389 e. The van der Waals surface area contributed by atoms with E-state index in [1.807, 2.05) is 13.8 Å². The number of nitrogens with zero attached hydrogens (tertiary/aromatic N) is 1. The molecular weight excluding hydrogens is 218 g/mol. The highest BCUT2D eigenvalue weighted by Crippen LogP contribution is 2.37. The molecule has 0 unspecified atom stereocenters. The van der Waals surface area contributed by atoms with Crippen molar-refractivity contribution in [2.45, 2.75) is 51.6 Å². The Morgan fingerprint density at radius 2 is 1.81 bits per heavy atom. The van der Waals surface area contributed by atoms with Crippen molar-refractivity contribution in [3.8, 4) is 0 Å². The van der Waals surface area contributed by atoms with E-state index in [-0.39, 0.29) is 0 Å². The SMILES string of the molecule is CN(CC(C)(C)O)CC1(CS)CCCCC1. The summed E-state index contributed by atoms with van der Waals surface area (Å²) < 4.78 is 0. The fourth-order valence-corrected chi connectivity index (χ4v) is 3.37. The highest BCUT2D eigenvalue weighted by molar-refractivity contribution is 7.80. The molecule has 0 saturated heterocycles. The van der Waals surface area contributed by atoms with Gasteiger partial charge in [0, 0.05) is 13.1 Å². The Morgan fingerprint density at radius 1 is 1.25 bits per heavy atom. The maximum absolute atomic E-state index is 9.81. The van der Waals surface area contributed by atoms with Gasteiger partial charge in [0.05, 0.1) is 5.60 Å². The van der Waals surface area contributed by atoms with Crippen LogP contribution in [0.2, 0.25) is 0 Å². The second-order valence-electron chi connectivity index (χ2n) is 6.20. The number of likely N-dealkylation sites (N-methyl/N-ethyl adjacent to an activating group) is 1. The van der Waals surface area contributed by atoms with Gasteiger partial charge in [-0.15, -0.1) is 0 Å². The first kappa shape index (κ1) is 14.3. The summed E-state index contributed by atoms with van der Waals surface area (Å²) in [4.78, 5) is 2.27. The highest BCUT2D eigenvalue weighted by atomic mass is 32.1. The predicted molar refractivity (Wildman–Crippen MR) is 73.2 cm³/mol. The zero-order chi connectivity index (χ0) is 12.2. The third-order valence-electron chi connectivity index (χ3n) is 3.51. The maximum Gasteiger partial charge on any atom is 0.0718 e. The number of rotatable bonds is 5. The van der Waals surface area contributed by atoms with Gasteiger partial charge in [0.25, 0.3) is 0 Å². The molecule has 1 aliphatic rings. The van der Waals surface area contributed by atoms with Gasteiger partial charge < -0.3 is 10.0 Å². The zero-order valence-electron chi connectivity index (χ0n) is 11.0. The predicted octanol–water partition coefficient (Wildman–Crippen LogP) is 2.57. The summed E-state index contributed by atoms with van der Waals surface area (Å²) >= 11 is 4.55. The van der Waals surface area contributed by atoms with E-state index in [1.54, 1.807) is 0 Å². The monoisotopic (exact) mass is 245 g/mol. The Labute approximate surface area is 106 Å². The topological polar surface area (TPSA) is 23.5 Å². The number of hydrogen-bond acceptors (Lipinski definition) is 3. The molecule has 0 radical (unpaired) electrons. The quantitative estimate of drug-likeness (QED) is 0.727. The molecule has 0 aromatic heterocycles. The zero-order valence-corrected chi connectivity index (χ0v) is 11.9. The largest absolute Gasteiger partial charge is 0.389 e. The molecule has 3 heteroatoms. The first-order chi connectivity index (χ1) is 7.37. The lowest BCUT2D eigenvalue weighted by Gasteiger charge is -2.40. The van der Waals surface area contributed by atoms with E-state index in [2.05, 4.69) is 24.6 Å². The van der Waals surface area contributed by atoms with Crippen molar-refractivity contribution in [1.82, 2.24) is 4.90 Å². The normalized spacial score (nSPS) is 21.4. The summed E-state index contributed by atoms with van der Waals surface area (Å²) in [6.07, 6.45) is 6.66. The van der Waals surface area contributed by atoms with Crippen molar-refractivity contribution in [2.24, 2.45) is 5.41 Å². The van der Waals surface area contributed by atoms with Gasteiger partial charge in [0.2, 0.25) is 0 Å². The van der Waals surface area contributed by atoms with Crippen molar-refractivity contribution in [3.63, 3.8) is 0 Å². The average Bonchev–Trinajstić information content (AvgIpc) is 2.16. The fraction of sp³-hybridized carbons (Fsp3) is 1.00. The van der Waals surface area contributed by atoms with Crippen LogP contribution in [0.15, 0.2) is 0 Å². The van der Waals surface area contributed by atoms with Crippen LogP contribution >= 0.6 is 12.6 Å². The van der Waals surface area contributed by atoms with E-state index in [1.165, 1.54) is 32.1 Å². The van der Waals surface area contributed by atoms with Crippen molar-refractivity contribution >= 4 is 12.6 Å². The van der Waals surface area contributed by atoms with Gasteiger partial charge >= 0.3 is 0 Å². The smallest absolute Gasteiger partial charge is 0.0718 e. The van der Waals surface area contributed by atoms with Crippen LogP contribution in [0.5, 0.6) is 0 Å². The van der Waals surface area contributed by atoms with E-state index in [0.29, 0.717) is 5.41 Å². The first-order valence-electron chi connectivity index (χ1n) is 6.39. The lowest BCUT2D eigenvalue weighted by atomic mass is 9.75. The van der Waals surface area contributed by atoms with Gasteiger partial charge in [-0.3, -0.25) is 0 Å². The average molecular weight is 245 g/mol. The molecule has 0 spiro atoms. The Balaban J connectivity index is 2.48. The summed E-state index contributed by atoms with van der Waals surface area (Å²) in [7, 11) is 2.11. The Hall–Kier alpha value is 0.270. The van der Waals surface area contributed by atoms with Crippen molar-refractivity contribution in [3.05, 3.63) is 0 Å². The van der Waals surface area contributed by atoms with E-state index >= 15 is 0 Å². The maximum atomic E-state index is 9.81. The molecule has 1 N–H and O–H groups in total. The fourth-order valence-electron chi connectivity index (χ4n) is 2.96. The highest BCUT2D eigenvalue weighted by Gasteiger charge is 2.32. The minimum absolute atomic E-state index is 0.390. The molecule has 0 heterocycles. The van der Waals surface area contributed by atoms with Crippen LogP contribution in [0.1, 0.15) is 46.0 Å². The number of hydrogen-bond donors (Lipinski definition) is 2. The third kappa shape index (κ3) is 4.64. The lowest BCUT2D eigenvalue weighted by Crippen LogP contribution is -2.44. The molecular formula is C13H27NOS.